The van der Waals surface area contributed by atoms with Crippen molar-refractivity contribution in [3.63, 3.8) is 0 Å². The summed E-state index contributed by atoms with van der Waals surface area (Å²) in [5.74, 6) is 0.632. The first-order valence-electron chi connectivity index (χ1n) is 15.1. The molecular formula is C34H54NO3+. The standard InChI is InChI=1S/C34H54NO3/c1-6-7-8-9-10-11-12-13-15-19-31-22-18-23-33(26-31)38-30(3)24-25-37-34(36)29(2)27-35(4,5)28-32-20-16-14-17-21-32/h14,16-18,20-23,26,29-30H,6-13,15,19,24-25,27-28H2,1-5H3/q+1. The molecule has 0 saturated carbocycles. The summed E-state index contributed by atoms with van der Waals surface area (Å²) in [5.41, 5.74) is 2.62. The van der Waals surface area contributed by atoms with E-state index < -0.39 is 0 Å². The van der Waals surface area contributed by atoms with Crippen molar-refractivity contribution in [3.8, 4) is 5.75 Å². The molecule has 212 valence electrons. The van der Waals surface area contributed by atoms with E-state index in [0.29, 0.717) is 13.0 Å². The van der Waals surface area contributed by atoms with Crippen molar-refractivity contribution in [2.24, 2.45) is 5.92 Å². The number of hydrogen-bond acceptors (Lipinski definition) is 3. The van der Waals surface area contributed by atoms with Gasteiger partial charge in [-0.2, -0.15) is 0 Å². The van der Waals surface area contributed by atoms with E-state index in [4.69, 9.17) is 9.47 Å². The molecule has 38 heavy (non-hydrogen) atoms. The van der Waals surface area contributed by atoms with Crippen LogP contribution < -0.4 is 4.74 Å². The first kappa shape index (κ1) is 31.9. The third kappa shape index (κ3) is 14.0. The average Bonchev–Trinajstić information content (AvgIpc) is 2.88. The maximum atomic E-state index is 12.6. The Bertz CT molecular complexity index is 896. The van der Waals surface area contributed by atoms with Crippen LogP contribution in [-0.4, -0.2) is 43.8 Å². The van der Waals surface area contributed by atoms with E-state index in [2.05, 4.69) is 63.5 Å². The largest absolute Gasteiger partial charge is 0.491 e. The third-order valence-electron chi connectivity index (χ3n) is 7.20. The zero-order valence-electron chi connectivity index (χ0n) is 24.9. The second-order valence-corrected chi connectivity index (χ2v) is 11.8. The molecule has 4 heteroatoms. The predicted molar refractivity (Wildman–Crippen MR) is 159 cm³/mol. The molecular weight excluding hydrogens is 470 g/mol. The lowest BCUT2D eigenvalue weighted by atomic mass is 10.0. The van der Waals surface area contributed by atoms with Crippen LogP contribution in [0.25, 0.3) is 0 Å². The number of benzene rings is 2. The predicted octanol–water partition coefficient (Wildman–Crippen LogP) is 8.37. The Morgan fingerprint density at radius 2 is 1.45 bits per heavy atom. The van der Waals surface area contributed by atoms with Crippen LogP contribution >= 0.6 is 0 Å². The van der Waals surface area contributed by atoms with Crippen LogP contribution in [-0.2, 0) is 22.5 Å². The van der Waals surface area contributed by atoms with Crippen LogP contribution in [0.3, 0.4) is 0 Å². The number of nitrogens with zero attached hydrogens (tertiary/aromatic N) is 1. The number of ether oxygens (including phenoxy) is 2. The quantitative estimate of drug-likeness (QED) is 0.0991. The molecule has 0 bridgehead atoms. The third-order valence-corrected chi connectivity index (χ3v) is 7.20. The smallest absolute Gasteiger partial charge is 0.314 e. The van der Waals surface area contributed by atoms with Gasteiger partial charge in [-0.3, -0.25) is 4.79 Å². The molecule has 2 unspecified atom stereocenters. The molecule has 0 aliphatic carbocycles. The van der Waals surface area contributed by atoms with Gasteiger partial charge >= 0.3 is 5.97 Å². The molecule has 2 aromatic carbocycles. The van der Waals surface area contributed by atoms with Gasteiger partial charge in [0, 0.05) is 12.0 Å². The van der Waals surface area contributed by atoms with Gasteiger partial charge in [0.05, 0.1) is 33.4 Å². The maximum Gasteiger partial charge on any atom is 0.314 e. The molecule has 2 aromatic rings. The number of quaternary nitrogens is 1. The molecule has 0 saturated heterocycles. The van der Waals surface area contributed by atoms with Gasteiger partial charge in [-0.25, -0.2) is 0 Å². The van der Waals surface area contributed by atoms with E-state index in [1.165, 1.54) is 68.9 Å². The van der Waals surface area contributed by atoms with Crippen molar-refractivity contribution < 1.29 is 18.8 Å². The lowest BCUT2D eigenvalue weighted by molar-refractivity contribution is -0.905. The zero-order chi connectivity index (χ0) is 27.6. The Hall–Kier alpha value is -2.33. The highest BCUT2D eigenvalue weighted by atomic mass is 16.5. The summed E-state index contributed by atoms with van der Waals surface area (Å²) < 4.78 is 12.5. The molecule has 0 fully saturated rings. The number of unbranched alkanes of at least 4 members (excludes halogenated alkanes) is 8. The Morgan fingerprint density at radius 1 is 0.816 bits per heavy atom. The van der Waals surface area contributed by atoms with E-state index in [9.17, 15) is 4.79 Å². The Kier molecular flexibility index (Phi) is 15.1. The molecule has 4 nitrogen and oxygen atoms in total. The van der Waals surface area contributed by atoms with Crippen LogP contribution in [0.5, 0.6) is 5.75 Å². The molecule has 0 spiro atoms. The van der Waals surface area contributed by atoms with E-state index in [1.807, 2.05) is 26.0 Å². The Morgan fingerprint density at radius 3 is 2.13 bits per heavy atom. The van der Waals surface area contributed by atoms with Crippen molar-refractivity contribution in [2.45, 2.75) is 104 Å². The molecule has 0 aliphatic heterocycles. The van der Waals surface area contributed by atoms with Gasteiger partial charge in [-0.05, 0) is 44.4 Å². The van der Waals surface area contributed by atoms with Gasteiger partial charge in [0.25, 0.3) is 0 Å². The van der Waals surface area contributed by atoms with E-state index >= 15 is 0 Å². The molecule has 0 aliphatic rings. The number of hydrogen-bond donors (Lipinski definition) is 0. The molecule has 0 heterocycles. The van der Waals surface area contributed by atoms with Gasteiger partial charge in [-0.15, -0.1) is 0 Å². The van der Waals surface area contributed by atoms with Crippen LogP contribution in [0.1, 0.15) is 96.1 Å². The molecule has 2 atom stereocenters. The fraction of sp³-hybridized carbons (Fsp3) is 0.618. The number of carbonyl (C=O) groups excluding carboxylic acids is 1. The summed E-state index contributed by atoms with van der Waals surface area (Å²) in [5, 5.41) is 0. The number of aryl methyl sites for hydroxylation is 1. The fourth-order valence-electron chi connectivity index (χ4n) is 5.13. The van der Waals surface area contributed by atoms with Crippen LogP contribution in [0.15, 0.2) is 54.6 Å². The lowest BCUT2D eigenvalue weighted by Crippen LogP contribution is -2.44. The van der Waals surface area contributed by atoms with E-state index in [-0.39, 0.29) is 18.0 Å². The number of carbonyl (C=O) groups is 1. The normalized spacial score (nSPS) is 13.2. The molecule has 2 rings (SSSR count). The summed E-state index contributed by atoms with van der Waals surface area (Å²) in [6.45, 7) is 8.30. The highest BCUT2D eigenvalue weighted by Crippen LogP contribution is 2.19. The summed E-state index contributed by atoms with van der Waals surface area (Å²) >= 11 is 0. The second-order valence-electron chi connectivity index (χ2n) is 11.8. The fourth-order valence-corrected chi connectivity index (χ4v) is 5.13. The SMILES string of the molecule is CCCCCCCCCCCc1cccc(OC(C)CCOC(=O)C(C)C[N+](C)(C)Cc2ccccc2)c1. The highest BCUT2D eigenvalue weighted by molar-refractivity contribution is 5.72. The summed E-state index contributed by atoms with van der Waals surface area (Å²) in [6, 6.07) is 18.9. The van der Waals surface area contributed by atoms with Gasteiger partial charge in [0.2, 0.25) is 0 Å². The van der Waals surface area contributed by atoms with Crippen molar-refractivity contribution >= 4 is 5.97 Å². The van der Waals surface area contributed by atoms with E-state index in [0.717, 1.165) is 29.7 Å². The van der Waals surface area contributed by atoms with Crippen molar-refractivity contribution in [1.29, 1.82) is 0 Å². The van der Waals surface area contributed by atoms with Crippen LogP contribution in [0, 0.1) is 5.92 Å². The zero-order valence-corrected chi connectivity index (χ0v) is 24.9. The Balaban J connectivity index is 1.62. The molecule has 0 N–H and O–H groups in total. The minimum Gasteiger partial charge on any atom is -0.491 e. The van der Waals surface area contributed by atoms with Crippen molar-refractivity contribution in [1.82, 2.24) is 0 Å². The van der Waals surface area contributed by atoms with Gasteiger partial charge in [0.1, 0.15) is 18.2 Å². The topological polar surface area (TPSA) is 35.5 Å². The van der Waals surface area contributed by atoms with Crippen LogP contribution in [0.2, 0.25) is 0 Å². The number of rotatable bonds is 20. The van der Waals surface area contributed by atoms with Gasteiger partial charge in [-0.1, -0.05) is 101 Å². The lowest BCUT2D eigenvalue weighted by Gasteiger charge is -2.32. The molecule has 0 amide bonds. The number of esters is 1. The molecule has 0 radical (unpaired) electrons. The Labute approximate surface area is 233 Å². The van der Waals surface area contributed by atoms with Crippen LogP contribution in [0.4, 0.5) is 0 Å². The monoisotopic (exact) mass is 524 g/mol. The first-order chi connectivity index (χ1) is 18.3. The van der Waals surface area contributed by atoms with Gasteiger partial charge in [0.15, 0.2) is 0 Å². The summed E-state index contributed by atoms with van der Waals surface area (Å²) in [7, 11) is 4.33. The maximum absolute atomic E-state index is 12.6. The van der Waals surface area contributed by atoms with Crippen molar-refractivity contribution in [3.05, 3.63) is 65.7 Å². The van der Waals surface area contributed by atoms with Gasteiger partial charge < -0.3 is 14.0 Å². The minimum atomic E-state index is -0.150. The molecule has 0 aromatic heterocycles. The van der Waals surface area contributed by atoms with E-state index in [1.54, 1.807) is 0 Å². The average molecular weight is 525 g/mol. The highest BCUT2D eigenvalue weighted by Gasteiger charge is 2.25. The first-order valence-corrected chi connectivity index (χ1v) is 15.1. The van der Waals surface area contributed by atoms with Crippen molar-refractivity contribution in [2.75, 3.05) is 27.2 Å². The second kappa shape index (κ2) is 18.0. The summed E-state index contributed by atoms with van der Waals surface area (Å²) in [6.07, 6.45) is 13.9. The minimum absolute atomic E-state index is 0.00799. The summed E-state index contributed by atoms with van der Waals surface area (Å²) in [4.78, 5) is 12.6.